The number of amides is 1. The van der Waals surface area contributed by atoms with E-state index in [1.165, 1.54) is 12.1 Å². The lowest BCUT2D eigenvalue weighted by atomic mass is 9.88. The van der Waals surface area contributed by atoms with E-state index < -0.39 is 11.6 Å². The molecule has 4 nitrogen and oxygen atoms in total. The largest absolute Gasteiger partial charge is 0.383 e. The Balaban J connectivity index is 2.06. The van der Waals surface area contributed by atoms with Crippen LogP contribution < -0.4 is 10.6 Å². The smallest absolute Gasteiger partial charge is 0.225 e. The predicted molar refractivity (Wildman–Crippen MR) is 70.3 cm³/mol. The zero-order valence-corrected chi connectivity index (χ0v) is 11.3. The van der Waals surface area contributed by atoms with Gasteiger partial charge in [0.15, 0.2) is 11.6 Å². The molecule has 110 valence electrons. The van der Waals surface area contributed by atoms with Crippen LogP contribution in [0.15, 0.2) is 18.2 Å². The molecule has 2 rings (SSSR count). The van der Waals surface area contributed by atoms with Crippen molar-refractivity contribution in [3.63, 3.8) is 0 Å². The Labute approximate surface area is 116 Å². The van der Waals surface area contributed by atoms with Crippen LogP contribution in [-0.4, -0.2) is 39.3 Å². The van der Waals surface area contributed by atoms with Crippen molar-refractivity contribution in [1.29, 1.82) is 0 Å². The Morgan fingerprint density at radius 3 is 2.90 bits per heavy atom. The highest BCUT2D eigenvalue weighted by Gasteiger charge is 2.34. The van der Waals surface area contributed by atoms with E-state index in [1.807, 2.05) is 0 Å². The average molecular weight is 284 g/mol. The van der Waals surface area contributed by atoms with Gasteiger partial charge in [-0.1, -0.05) is 6.07 Å². The number of halogens is 2. The molecule has 20 heavy (non-hydrogen) atoms. The molecule has 1 aliphatic rings. The lowest BCUT2D eigenvalue weighted by Crippen LogP contribution is -2.36. The monoisotopic (exact) mass is 284 g/mol. The highest BCUT2D eigenvalue weighted by molar-refractivity contribution is 5.80. The van der Waals surface area contributed by atoms with E-state index in [0.717, 1.165) is 6.07 Å². The Morgan fingerprint density at radius 1 is 1.40 bits per heavy atom. The van der Waals surface area contributed by atoms with Crippen LogP contribution in [0.3, 0.4) is 0 Å². The van der Waals surface area contributed by atoms with Crippen molar-refractivity contribution in [3.8, 4) is 0 Å². The van der Waals surface area contributed by atoms with Gasteiger partial charge in [-0.25, -0.2) is 8.78 Å². The van der Waals surface area contributed by atoms with Gasteiger partial charge in [0.05, 0.1) is 12.5 Å². The van der Waals surface area contributed by atoms with E-state index in [0.29, 0.717) is 31.8 Å². The van der Waals surface area contributed by atoms with Gasteiger partial charge >= 0.3 is 0 Å². The molecule has 1 unspecified atom stereocenters. The highest BCUT2D eigenvalue weighted by atomic mass is 19.2. The fourth-order valence-corrected chi connectivity index (χ4v) is 2.45. The van der Waals surface area contributed by atoms with Crippen LogP contribution in [0.1, 0.15) is 11.5 Å². The molecule has 0 bridgehead atoms. The van der Waals surface area contributed by atoms with Crippen LogP contribution in [0.5, 0.6) is 0 Å². The van der Waals surface area contributed by atoms with Crippen molar-refractivity contribution in [3.05, 3.63) is 35.4 Å². The molecular weight excluding hydrogens is 266 g/mol. The summed E-state index contributed by atoms with van der Waals surface area (Å²) in [6.07, 6.45) is 0. The van der Waals surface area contributed by atoms with Gasteiger partial charge in [-0.15, -0.1) is 0 Å². The molecule has 0 aromatic heterocycles. The molecule has 1 saturated heterocycles. The zero-order chi connectivity index (χ0) is 14.5. The van der Waals surface area contributed by atoms with Gasteiger partial charge in [0.2, 0.25) is 5.91 Å². The Hall–Kier alpha value is -1.53. The molecule has 1 aromatic rings. The fourth-order valence-electron chi connectivity index (χ4n) is 2.45. The predicted octanol–water partition coefficient (Wildman–Crippen LogP) is 1.03. The number of benzene rings is 1. The first kappa shape index (κ1) is 14.9. The molecule has 1 heterocycles. The van der Waals surface area contributed by atoms with Crippen molar-refractivity contribution in [2.24, 2.45) is 5.92 Å². The van der Waals surface area contributed by atoms with E-state index >= 15 is 0 Å². The SMILES string of the molecule is COCCNC(=O)[C@@H]1CNCC1c1ccc(F)c(F)c1. The summed E-state index contributed by atoms with van der Waals surface area (Å²) in [4.78, 5) is 12.1. The van der Waals surface area contributed by atoms with Crippen molar-refractivity contribution in [2.75, 3.05) is 33.4 Å². The molecular formula is C14H18F2N2O2. The molecule has 0 spiro atoms. The van der Waals surface area contributed by atoms with Crippen molar-refractivity contribution in [2.45, 2.75) is 5.92 Å². The Morgan fingerprint density at radius 2 is 2.20 bits per heavy atom. The number of hydrogen-bond donors (Lipinski definition) is 2. The first-order valence-corrected chi connectivity index (χ1v) is 6.55. The molecule has 1 amide bonds. The maximum atomic E-state index is 13.3. The van der Waals surface area contributed by atoms with Crippen LogP contribution in [-0.2, 0) is 9.53 Å². The van der Waals surface area contributed by atoms with Gasteiger partial charge in [-0.3, -0.25) is 4.79 Å². The van der Waals surface area contributed by atoms with Gasteiger partial charge in [-0.05, 0) is 17.7 Å². The van der Waals surface area contributed by atoms with E-state index in [1.54, 1.807) is 7.11 Å². The number of hydrogen-bond acceptors (Lipinski definition) is 3. The van der Waals surface area contributed by atoms with Gasteiger partial charge in [0, 0.05) is 32.7 Å². The third kappa shape index (κ3) is 3.32. The number of ether oxygens (including phenoxy) is 1. The first-order valence-electron chi connectivity index (χ1n) is 6.55. The van der Waals surface area contributed by atoms with Gasteiger partial charge < -0.3 is 15.4 Å². The molecule has 1 aromatic carbocycles. The minimum absolute atomic E-state index is 0.0956. The first-order chi connectivity index (χ1) is 9.63. The Bertz CT molecular complexity index is 482. The third-order valence-electron chi connectivity index (χ3n) is 3.53. The quantitative estimate of drug-likeness (QED) is 0.794. The lowest BCUT2D eigenvalue weighted by molar-refractivity contribution is -0.125. The summed E-state index contributed by atoms with van der Waals surface area (Å²) in [7, 11) is 1.56. The normalized spacial score (nSPS) is 21.9. The molecule has 2 atom stereocenters. The average Bonchev–Trinajstić information content (AvgIpc) is 2.91. The van der Waals surface area contributed by atoms with E-state index in [4.69, 9.17) is 4.74 Å². The number of carbonyl (C=O) groups is 1. The van der Waals surface area contributed by atoms with E-state index in [2.05, 4.69) is 10.6 Å². The molecule has 0 radical (unpaired) electrons. The summed E-state index contributed by atoms with van der Waals surface area (Å²) in [5, 5.41) is 5.90. The molecule has 0 saturated carbocycles. The van der Waals surface area contributed by atoms with E-state index in [9.17, 15) is 13.6 Å². The maximum Gasteiger partial charge on any atom is 0.225 e. The number of nitrogens with one attached hydrogen (secondary N) is 2. The second-order valence-electron chi connectivity index (χ2n) is 4.83. The topological polar surface area (TPSA) is 50.4 Å². The fraction of sp³-hybridized carbons (Fsp3) is 0.500. The van der Waals surface area contributed by atoms with Gasteiger partial charge in [0.1, 0.15) is 0 Å². The summed E-state index contributed by atoms with van der Waals surface area (Å²) in [6.45, 7) is 1.99. The standard InChI is InChI=1S/C14H18F2N2O2/c1-20-5-4-18-14(19)11-8-17-7-10(11)9-2-3-12(15)13(16)6-9/h2-3,6,10-11,17H,4-5,7-8H2,1H3,(H,18,19)/t10?,11-/m1/s1. The summed E-state index contributed by atoms with van der Waals surface area (Å²) in [5.74, 6) is -2.28. The Kier molecular flexibility index (Phi) is 5.03. The second-order valence-corrected chi connectivity index (χ2v) is 4.83. The van der Waals surface area contributed by atoms with Gasteiger partial charge in [0.25, 0.3) is 0 Å². The minimum atomic E-state index is -0.882. The van der Waals surface area contributed by atoms with Crippen LogP contribution in [0.2, 0.25) is 0 Å². The summed E-state index contributed by atoms with van der Waals surface area (Å²) in [5.41, 5.74) is 0.640. The summed E-state index contributed by atoms with van der Waals surface area (Å²) >= 11 is 0. The van der Waals surface area contributed by atoms with Crippen LogP contribution >= 0.6 is 0 Å². The van der Waals surface area contributed by atoms with Crippen LogP contribution in [0.25, 0.3) is 0 Å². The maximum absolute atomic E-state index is 13.3. The lowest BCUT2D eigenvalue weighted by Gasteiger charge is -2.18. The summed E-state index contributed by atoms with van der Waals surface area (Å²) in [6, 6.07) is 3.80. The van der Waals surface area contributed by atoms with Crippen LogP contribution in [0, 0.1) is 17.6 Å². The van der Waals surface area contributed by atoms with Gasteiger partial charge in [-0.2, -0.15) is 0 Å². The third-order valence-corrected chi connectivity index (χ3v) is 3.53. The molecule has 2 N–H and O–H groups in total. The van der Waals surface area contributed by atoms with Crippen LogP contribution in [0.4, 0.5) is 8.78 Å². The molecule has 6 heteroatoms. The number of methoxy groups -OCH3 is 1. The molecule has 0 aliphatic carbocycles. The highest BCUT2D eigenvalue weighted by Crippen LogP contribution is 2.29. The second kappa shape index (κ2) is 6.76. The zero-order valence-electron chi connectivity index (χ0n) is 11.3. The van der Waals surface area contributed by atoms with Crippen molar-refractivity contribution >= 4 is 5.91 Å². The number of rotatable bonds is 5. The molecule has 1 aliphatic heterocycles. The summed E-state index contributed by atoms with van der Waals surface area (Å²) < 4.78 is 31.1. The number of carbonyl (C=O) groups excluding carboxylic acids is 1. The minimum Gasteiger partial charge on any atom is -0.383 e. The molecule has 1 fully saturated rings. The van der Waals surface area contributed by atoms with E-state index in [-0.39, 0.29) is 17.7 Å². The van der Waals surface area contributed by atoms with Crippen molar-refractivity contribution in [1.82, 2.24) is 10.6 Å². The van der Waals surface area contributed by atoms with Crippen molar-refractivity contribution < 1.29 is 18.3 Å².